The minimum atomic E-state index is -0.232. The fraction of sp³-hybridized carbons (Fsp3) is 0.419. The lowest BCUT2D eigenvalue weighted by atomic mass is 10.0. The number of benzene rings is 2. The third kappa shape index (κ3) is 6.53. The average Bonchev–Trinajstić information content (AvgIpc) is 3.46. The van der Waals surface area contributed by atoms with Crippen LogP contribution in [0.1, 0.15) is 24.4 Å². The van der Waals surface area contributed by atoms with Crippen LogP contribution in [0.5, 0.6) is 0 Å². The Morgan fingerprint density at radius 2 is 1.71 bits per heavy atom. The molecule has 0 unspecified atom stereocenters. The smallest absolute Gasteiger partial charge is 0.319 e. The van der Waals surface area contributed by atoms with Crippen molar-refractivity contribution in [3.63, 3.8) is 0 Å². The number of urea groups is 1. The molecule has 0 bridgehead atoms. The largest absolute Gasteiger partial charge is 0.378 e. The number of piperidine rings is 1. The first-order valence-electron chi connectivity index (χ1n) is 14.8. The lowest BCUT2D eigenvalue weighted by molar-refractivity contribution is 0.122. The van der Waals surface area contributed by atoms with E-state index in [1.165, 1.54) is 5.56 Å². The van der Waals surface area contributed by atoms with Gasteiger partial charge in [0.2, 0.25) is 0 Å². The van der Waals surface area contributed by atoms with E-state index in [0.717, 1.165) is 68.0 Å². The van der Waals surface area contributed by atoms with Crippen LogP contribution in [0.25, 0.3) is 22.4 Å². The van der Waals surface area contributed by atoms with Crippen LogP contribution in [0.2, 0.25) is 0 Å². The molecule has 2 aromatic carbocycles. The molecule has 3 N–H and O–H groups in total. The molecule has 11 heteroatoms. The summed E-state index contributed by atoms with van der Waals surface area (Å²) >= 11 is 0. The van der Waals surface area contributed by atoms with Crippen LogP contribution in [0.4, 0.5) is 16.3 Å². The first-order valence-corrected chi connectivity index (χ1v) is 14.8. The van der Waals surface area contributed by atoms with Gasteiger partial charge in [-0.3, -0.25) is 4.90 Å². The van der Waals surface area contributed by atoms with E-state index in [0.29, 0.717) is 37.8 Å². The number of hydrogen-bond donors (Lipinski definition) is 3. The van der Waals surface area contributed by atoms with Gasteiger partial charge in [0.25, 0.3) is 0 Å². The Morgan fingerprint density at radius 1 is 0.952 bits per heavy atom. The van der Waals surface area contributed by atoms with Crippen molar-refractivity contribution in [3.05, 3.63) is 66.4 Å². The van der Waals surface area contributed by atoms with Crippen LogP contribution < -0.4 is 20.9 Å². The fourth-order valence-electron chi connectivity index (χ4n) is 5.67. The highest BCUT2D eigenvalue weighted by Crippen LogP contribution is 2.32. The summed E-state index contributed by atoms with van der Waals surface area (Å²) < 4.78 is 7.74. The van der Waals surface area contributed by atoms with E-state index in [-0.39, 0.29) is 12.1 Å². The number of carbonyl (C=O) groups is 1. The van der Waals surface area contributed by atoms with Crippen molar-refractivity contribution in [2.75, 3.05) is 69.7 Å². The highest BCUT2D eigenvalue weighted by molar-refractivity contribution is 5.90. The number of nitrogens with one attached hydrogen (secondary N) is 3. The number of ether oxygens (including phenoxy) is 1. The average molecular weight is 570 g/mol. The van der Waals surface area contributed by atoms with Gasteiger partial charge in [-0.2, -0.15) is 5.10 Å². The van der Waals surface area contributed by atoms with Crippen molar-refractivity contribution in [2.24, 2.45) is 0 Å². The summed E-state index contributed by atoms with van der Waals surface area (Å²) in [6, 6.07) is 18.4. The molecular weight excluding hydrogens is 530 g/mol. The standard InChI is InChI=1S/C31H39N9O2/c1-32-13-14-33-31(41)35-25-9-7-24(8-10-25)28-36-29(39-17-19-42-20-18-39)27-21-34-40(30(27)37-28)26-11-15-38(16-12-26)22-23-5-3-2-4-6-23/h2-10,21,26,32H,11-20,22H2,1H3,(H2,33,35,41). The molecule has 42 heavy (non-hydrogen) atoms. The molecular formula is C31H39N9O2. The Balaban J connectivity index is 1.24. The molecule has 220 valence electrons. The van der Waals surface area contributed by atoms with Crippen molar-refractivity contribution < 1.29 is 9.53 Å². The van der Waals surface area contributed by atoms with Crippen LogP contribution in [-0.4, -0.2) is 90.2 Å². The van der Waals surface area contributed by atoms with Crippen LogP contribution in [-0.2, 0) is 11.3 Å². The number of anilines is 2. The summed E-state index contributed by atoms with van der Waals surface area (Å²) in [5, 5.41) is 14.6. The van der Waals surface area contributed by atoms with Gasteiger partial charge >= 0.3 is 6.03 Å². The monoisotopic (exact) mass is 569 g/mol. The molecule has 2 fully saturated rings. The second-order valence-electron chi connectivity index (χ2n) is 10.9. The van der Waals surface area contributed by atoms with E-state index >= 15 is 0 Å². The maximum atomic E-state index is 12.2. The minimum absolute atomic E-state index is 0.232. The lowest BCUT2D eigenvalue weighted by Gasteiger charge is -2.32. The number of aromatic nitrogens is 4. The zero-order valence-electron chi connectivity index (χ0n) is 24.1. The normalized spacial score (nSPS) is 16.5. The van der Waals surface area contributed by atoms with E-state index < -0.39 is 0 Å². The molecule has 0 spiro atoms. The first-order chi connectivity index (χ1) is 20.7. The molecule has 6 rings (SSSR count). The number of fused-ring (bicyclic) bond motifs is 1. The van der Waals surface area contributed by atoms with E-state index in [4.69, 9.17) is 19.8 Å². The molecule has 0 saturated carbocycles. The summed E-state index contributed by atoms with van der Waals surface area (Å²) in [5.74, 6) is 1.55. The molecule has 0 aliphatic carbocycles. The van der Waals surface area contributed by atoms with Crippen LogP contribution in [0, 0.1) is 0 Å². The van der Waals surface area contributed by atoms with Gasteiger partial charge in [0.15, 0.2) is 11.5 Å². The predicted molar refractivity (Wildman–Crippen MR) is 165 cm³/mol. The third-order valence-corrected chi connectivity index (χ3v) is 7.96. The van der Waals surface area contributed by atoms with Crippen molar-refractivity contribution in [3.8, 4) is 11.4 Å². The van der Waals surface area contributed by atoms with Gasteiger partial charge in [-0.25, -0.2) is 19.4 Å². The number of likely N-dealkylation sites (tertiary alicyclic amines) is 1. The van der Waals surface area contributed by atoms with E-state index in [1.54, 1.807) is 0 Å². The van der Waals surface area contributed by atoms with Crippen molar-refractivity contribution in [1.82, 2.24) is 35.3 Å². The molecule has 0 atom stereocenters. The van der Waals surface area contributed by atoms with Gasteiger partial charge in [-0.1, -0.05) is 30.3 Å². The molecule has 4 heterocycles. The highest BCUT2D eigenvalue weighted by atomic mass is 16.5. The molecule has 2 aliphatic heterocycles. The number of morpholine rings is 1. The van der Waals surface area contributed by atoms with Gasteiger partial charge in [-0.15, -0.1) is 0 Å². The SMILES string of the molecule is CNCCNC(=O)Nc1ccc(-c2nc(N3CCOCC3)c3cnn(C4CCN(Cc5ccccc5)CC4)c3n2)cc1. The maximum absolute atomic E-state index is 12.2. The number of carbonyl (C=O) groups excluding carboxylic acids is 1. The maximum Gasteiger partial charge on any atom is 0.319 e. The number of rotatable bonds is 9. The summed E-state index contributed by atoms with van der Waals surface area (Å²) in [7, 11) is 1.85. The summed E-state index contributed by atoms with van der Waals surface area (Å²) in [6.07, 6.45) is 3.97. The van der Waals surface area contributed by atoms with E-state index in [1.807, 2.05) is 37.5 Å². The van der Waals surface area contributed by atoms with Gasteiger partial charge in [0.05, 0.1) is 30.8 Å². The zero-order valence-corrected chi connectivity index (χ0v) is 24.1. The van der Waals surface area contributed by atoms with Gasteiger partial charge < -0.3 is 25.6 Å². The Bertz CT molecular complexity index is 1460. The third-order valence-electron chi connectivity index (χ3n) is 7.96. The molecule has 2 aliphatic rings. The van der Waals surface area contributed by atoms with Gasteiger partial charge in [-0.05, 0) is 49.7 Å². The number of nitrogens with zero attached hydrogens (tertiary/aromatic N) is 6. The molecule has 2 aromatic heterocycles. The predicted octanol–water partition coefficient (Wildman–Crippen LogP) is 3.51. The quantitative estimate of drug-likeness (QED) is 0.263. The Morgan fingerprint density at radius 3 is 2.45 bits per heavy atom. The molecule has 11 nitrogen and oxygen atoms in total. The lowest BCUT2D eigenvalue weighted by Crippen LogP contribution is -2.37. The topological polar surface area (TPSA) is 112 Å². The summed E-state index contributed by atoms with van der Waals surface area (Å²) in [4.78, 5) is 27.1. The van der Waals surface area contributed by atoms with Crippen LogP contribution >= 0.6 is 0 Å². The molecule has 4 aromatic rings. The first kappa shape index (κ1) is 28.1. The number of amides is 2. The van der Waals surface area contributed by atoms with Crippen LogP contribution in [0.3, 0.4) is 0 Å². The fourth-order valence-corrected chi connectivity index (χ4v) is 5.67. The number of likely N-dealkylation sites (N-methyl/N-ethyl adjacent to an activating group) is 1. The van der Waals surface area contributed by atoms with Gasteiger partial charge in [0.1, 0.15) is 5.82 Å². The van der Waals surface area contributed by atoms with E-state index in [2.05, 4.69) is 60.8 Å². The Kier molecular flexibility index (Phi) is 8.88. The Labute approximate surface area is 246 Å². The van der Waals surface area contributed by atoms with Crippen molar-refractivity contribution >= 4 is 28.6 Å². The van der Waals surface area contributed by atoms with Crippen molar-refractivity contribution in [2.45, 2.75) is 25.4 Å². The minimum Gasteiger partial charge on any atom is -0.378 e. The molecule has 2 amide bonds. The molecule has 2 saturated heterocycles. The summed E-state index contributed by atoms with van der Waals surface area (Å²) in [5.41, 5.74) is 3.82. The summed E-state index contributed by atoms with van der Waals surface area (Å²) in [6.45, 7) is 7.18. The van der Waals surface area contributed by atoms with Crippen molar-refractivity contribution in [1.29, 1.82) is 0 Å². The zero-order chi connectivity index (χ0) is 28.7. The van der Waals surface area contributed by atoms with E-state index in [9.17, 15) is 4.79 Å². The number of hydrogen-bond acceptors (Lipinski definition) is 8. The highest BCUT2D eigenvalue weighted by Gasteiger charge is 2.26. The van der Waals surface area contributed by atoms with Gasteiger partial charge in [0, 0.05) is 57.1 Å². The molecule has 0 radical (unpaired) electrons. The second-order valence-corrected chi connectivity index (χ2v) is 10.9. The Hall–Kier alpha value is -4.06. The van der Waals surface area contributed by atoms with Crippen LogP contribution in [0.15, 0.2) is 60.8 Å². The second kappa shape index (κ2) is 13.3.